The molecule has 1 aliphatic rings. The minimum Gasteiger partial charge on any atom is -0.490 e. The Morgan fingerprint density at radius 3 is 2.54 bits per heavy atom. The van der Waals surface area contributed by atoms with Crippen molar-refractivity contribution in [3.05, 3.63) is 54.1 Å². The summed E-state index contributed by atoms with van der Waals surface area (Å²) in [5.41, 5.74) is -0.461. The molecule has 7 heteroatoms. The SMILES string of the molecule is CC(Nc1cccc(OC2CCCC2)c1)C(=O)Nc1ccccc1C(F)(F)F. The van der Waals surface area contributed by atoms with Crippen molar-refractivity contribution in [2.75, 3.05) is 10.6 Å². The lowest BCUT2D eigenvalue weighted by atomic mass is 10.1. The van der Waals surface area contributed by atoms with E-state index in [0.29, 0.717) is 11.4 Å². The monoisotopic (exact) mass is 392 g/mol. The minimum absolute atomic E-state index is 0.217. The summed E-state index contributed by atoms with van der Waals surface area (Å²) < 4.78 is 45.2. The van der Waals surface area contributed by atoms with Gasteiger partial charge in [-0.3, -0.25) is 4.79 Å². The molecule has 1 saturated carbocycles. The molecule has 150 valence electrons. The van der Waals surface area contributed by atoms with Crippen molar-refractivity contribution >= 4 is 17.3 Å². The molecule has 4 nitrogen and oxygen atoms in total. The third-order valence-corrected chi connectivity index (χ3v) is 4.71. The number of carbonyl (C=O) groups is 1. The van der Waals surface area contributed by atoms with Gasteiger partial charge < -0.3 is 15.4 Å². The first-order valence-electron chi connectivity index (χ1n) is 9.33. The quantitative estimate of drug-likeness (QED) is 0.686. The van der Waals surface area contributed by atoms with Gasteiger partial charge in [-0.05, 0) is 56.9 Å². The van der Waals surface area contributed by atoms with Crippen LogP contribution >= 0.6 is 0 Å². The predicted octanol–water partition coefficient (Wildman–Crippen LogP) is 5.47. The molecule has 0 radical (unpaired) electrons. The van der Waals surface area contributed by atoms with E-state index >= 15 is 0 Å². The highest BCUT2D eigenvalue weighted by atomic mass is 19.4. The van der Waals surface area contributed by atoms with Gasteiger partial charge in [0.15, 0.2) is 0 Å². The van der Waals surface area contributed by atoms with E-state index in [9.17, 15) is 18.0 Å². The second-order valence-electron chi connectivity index (χ2n) is 6.95. The van der Waals surface area contributed by atoms with Crippen LogP contribution in [-0.4, -0.2) is 18.1 Å². The van der Waals surface area contributed by atoms with Gasteiger partial charge in [0.1, 0.15) is 11.8 Å². The number of halogens is 3. The lowest BCUT2D eigenvalue weighted by Crippen LogP contribution is -2.32. The van der Waals surface area contributed by atoms with E-state index in [4.69, 9.17) is 4.74 Å². The van der Waals surface area contributed by atoms with Crippen LogP contribution in [-0.2, 0) is 11.0 Å². The topological polar surface area (TPSA) is 50.4 Å². The molecule has 28 heavy (non-hydrogen) atoms. The summed E-state index contributed by atoms with van der Waals surface area (Å²) in [6, 6.07) is 11.4. The summed E-state index contributed by atoms with van der Waals surface area (Å²) >= 11 is 0. The Morgan fingerprint density at radius 1 is 1.11 bits per heavy atom. The van der Waals surface area contributed by atoms with Gasteiger partial charge in [-0.15, -0.1) is 0 Å². The Balaban J connectivity index is 1.63. The molecule has 0 spiro atoms. The van der Waals surface area contributed by atoms with Crippen LogP contribution in [0.2, 0.25) is 0 Å². The maximum absolute atomic E-state index is 13.1. The van der Waals surface area contributed by atoms with Gasteiger partial charge in [0.2, 0.25) is 5.91 Å². The standard InChI is InChI=1S/C21H23F3N2O2/c1-14(20(27)26-19-12-5-4-11-18(19)21(22,23)24)25-15-7-6-10-17(13-15)28-16-8-2-3-9-16/h4-7,10-14,16,25H,2-3,8-9H2,1H3,(H,26,27). The highest BCUT2D eigenvalue weighted by Gasteiger charge is 2.33. The van der Waals surface area contributed by atoms with Gasteiger partial charge in [0.25, 0.3) is 0 Å². The zero-order valence-electron chi connectivity index (χ0n) is 15.6. The smallest absolute Gasteiger partial charge is 0.418 e. The van der Waals surface area contributed by atoms with Crippen LogP contribution in [0.4, 0.5) is 24.5 Å². The molecule has 0 aliphatic heterocycles. The van der Waals surface area contributed by atoms with Crippen molar-refractivity contribution in [2.24, 2.45) is 0 Å². The summed E-state index contributed by atoms with van der Waals surface area (Å²) in [6.45, 7) is 1.59. The average Bonchev–Trinajstić information content (AvgIpc) is 3.14. The molecule has 0 bridgehead atoms. The molecule has 2 aromatic carbocycles. The number of nitrogens with one attached hydrogen (secondary N) is 2. The second-order valence-corrected chi connectivity index (χ2v) is 6.95. The first kappa shape index (κ1) is 20.0. The third-order valence-electron chi connectivity index (χ3n) is 4.71. The van der Waals surface area contributed by atoms with Crippen LogP contribution < -0.4 is 15.4 Å². The predicted molar refractivity (Wildman–Crippen MR) is 102 cm³/mol. The van der Waals surface area contributed by atoms with Crippen LogP contribution in [0.15, 0.2) is 48.5 Å². The number of alkyl halides is 3. The number of hydrogen-bond donors (Lipinski definition) is 2. The molecule has 0 saturated heterocycles. The number of carbonyl (C=O) groups excluding carboxylic acids is 1. The largest absolute Gasteiger partial charge is 0.490 e. The molecular formula is C21H23F3N2O2. The number of anilines is 2. The lowest BCUT2D eigenvalue weighted by Gasteiger charge is -2.19. The minimum atomic E-state index is -4.54. The van der Waals surface area contributed by atoms with Crippen molar-refractivity contribution < 1.29 is 22.7 Å². The molecule has 2 N–H and O–H groups in total. The van der Waals surface area contributed by atoms with Crippen molar-refractivity contribution in [3.8, 4) is 5.75 Å². The van der Waals surface area contributed by atoms with Gasteiger partial charge in [-0.1, -0.05) is 18.2 Å². The van der Waals surface area contributed by atoms with Crippen molar-refractivity contribution in [1.29, 1.82) is 0 Å². The average molecular weight is 392 g/mol. The first-order chi connectivity index (χ1) is 13.3. The van der Waals surface area contributed by atoms with Crippen molar-refractivity contribution in [3.63, 3.8) is 0 Å². The highest BCUT2D eigenvalue weighted by molar-refractivity contribution is 5.97. The fourth-order valence-corrected chi connectivity index (χ4v) is 3.25. The van der Waals surface area contributed by atoms with Gasteiger partial charge in [-0.2, -0.15) is 13.2 Å². The fraction of sp³-hybridized carbons (Fsp3) is 0.381. The number of ether oxygens (including phenoxy) is 1. The summed E-state index contributed by atoms with van der Waals surface area (Å²) in [5, 5.41) is 5.37. The zero-order valence-corrected chi connectivity index (χ0v) is 15.6. The maximum Gasteiger partial charge on any atom is 0.418 e. The van der Waals surface area contributed by atoms with E-state index in [1.807, 2.05) is 12.1 Å². The summed E-state index contributed by atoms with van der Waals surface area (Å²) in [6.07, 6.45) is 0.0875. The number of amides is 1. The van der Waals surface area contributed by atoms with Crippen LogP contribution in [0.3, 0.4) is 0 Å². The van der Waals surface area contributed by atoms with Crippen LogP contribution in [0.25, 0.3) is 0 Å². The number of para-hydroxylation sites is 1. The molecule has 1 atom stereocenters. The molecule has 1 fully saturated rings. The van der Waals surface area contributed by atoms with Gasteiger partial charge in [0.05, 0.1) is 17.4 Å². The van der Waals surface area contributed by atoms with Gasteiger partial charge in [0, 0.05) is 11.8 Å². The molecule has 1 aliphatic carbocycles. The van der Waals surface area contributed by atoms with Crippen LogP contribution in [0.5, 0.6) is 5.75 Å². The molecule has 3 rings (SSSR count). The molecule has 0 aromatic heterocycles. The lowest BCUT2D eigenvalue weighted by molar-refractivity contribution is -0.137. The number of rotatable bonds is 6. The fourth-order valence-electron chi connectivity index (χ4n) is 3.25. The maximum atomic E-state index is 13.1. The molecule has 2 aromatic rings. The van der Waals surface area contributed by atoms with Crippen LogP contribution in [0, 0.1) is 0 Å². The Labute approximate surface area is 162 Å². The van der Waals surface area contributed by atoms with Crippen LogP contribution in [0.1, 0.15) is 38.2 Å². The van der Waals surface area contributed by atoms with E-state index < -0.39 is 23.7 Å². The van der Waals surface area contributed by atoms with E-state index in [-0.39, 0.29) is 11.8 Å². The molecule has 1 unspecified atom stereocenters. The van der Waals surface area contributed by atoms with E-state index in [1.165, 1.54) is 31.0 Å². The molecule has 1 amide bonds. The summed E-state index contributed by atoms with van der Waals surface area (Å²) in [7, 11) is 0. The zero-order chi connectivity index (χ0) is 20.1. The van der Waals surface area contributed by atoms with Crippen molar-refractivity contribution in [1.82, 2.24) is 0 Å². The van der Waals surface area contributed by atoms with E-state index in [0.717, 1.165) is 18.9 Å². The Bertz CT molecular complexity index is 817. The Morgan fingerprint density at radius 2 is 1.82 bits per heavy atom. The molecular weight excluding hydrogens is 369 g/mol. The normalized spacial score (nSPS) is 15.9. The highest BCUT2D eigenvalue weighted by Crippen LogP contribution is 2.34. The van der Waals surface area contributed by atoms with Crippen molar-refractivity contribution in [2.45, 2.75) is 50.9 Å². The summed E-state index contributed by atoms with van der Waals surface area (Å²) in [5.74, 6) is 0.158. The summed E-state index contributed by atoms with van der Waals surface area (Å²) in [4.78, 5) is 12.4. The van der Waals surface area contributed by atoms with E-state index in [2.05, 4.69) is 10.6 Å². The second kappa shape index (κ2) is 8.54. The molecule has 0 heterocycles. The Hall–Kier alpha value is -2.70. The first-order valence-corrected chi connectivity index (χ1v) is 9.33. The Kier molecular flexibility index (Phi) is 6.11. The van der Waals surface area contributed by atoms with Gasteiger partial charge in [-0.25, -0.2) is 0 Å². The van der Waals surface area contributed by atoms with E-state index in [1.54, 1.807) is 19.1 Å². The number of benzene rings is 2. The third kappa shape index (κ3) is 5.18. The van der Waals surface area contributed by atoms with Gasteiger partial charge >= 0.3 is 6.18 Å². The number of hydrogen-bond acceptors (Lipinski definition) is 3.